The Morgan fingerprint density at radius 1 is 1.48 bits per heavy atom. The maximum Gasteiger partial charge on any atom is 0.261 e. The standard InChI is InChI=1S/C15H19ClFNO3/c1-9(21-14-7-6-10(17)8-11(14)16)15(20)18-12-4-2-3-5-13(12)19/h6-9,12-13,19H,2-5H2,1H3,(H,18,20). The van der Waals surface area contributed by atoms with Gasteiger partial charge in [0.25, 0.3) is 5.91 Å². The third-order valence-electron chi connectivity index (χ3n) is 3.62. The minimum absolute atomic E-state index is 0.118. The molecule has 3 atom stereocenters. The smallest absolute Gasteiger partial charge is 0.261 e. The van der Waals surface area contributed by atoms with E-state index in [1.807, 2.05) is 0 Å². The van der Waals surface area contributed by atoms with Crippen molar-refractivity contribution < 1.29 is 19.0 Å². The van der Waals surface area contributed by atoms with Gasteiger partial charge in [-0.3, -0.25) is 4.79 Å². The lowest BCUT2D eigenvalue weighted by molar-refractivity contribution is -0.129. The monoisotopic (exact) mass is 315 g/mol. The van der Waals surface area contributed by atoms with Crippen molar-refractivity contribution in [1.82, 2.24) is 5.32 Å². The highest BCUT2D eigenvalue weighted by molar-refractivity contribution is 6.32. The zero-order valence-electron chi connectivity index (χ0n) is 11.8. The highest BCUT2D eigenvalue weighted by Crippen LogP contribution is 2.26. The van der Waals surface area contributed by atoms with Gasteiger partial charge in [-0.1, -0.05) is 24.4 Å². The zero-order chi connectivity index (χ0) is 15.4. The predicted molar refractivity (Wildman–Crippen MR) is 77.9 cm³/mol. The molecule has 1 aliphatic rings. The molecule has 0 heterocycles. The third-order valence-corrected chi connectivity index (χ3v) is 3.92. The molecule has 1 aromatic carbocycles. The minimum Gasteiger partial charge on any atom is -0.479 e. The largest absolute Gasteiger partial charge is 0.479 e. The fourth-order valence-electron chi connectivity index (χ4n) is 2.39. The molecule has 116 valence electrons. The van der Waals surface area contributed by atoms with Crippen molar-refractivity contribution in [1.29, 1.82) is 0 Å². The topological polar surface area (TPSA) is 58.6 Å². The number of amides is 1. The van der Waals surface area contributed by atoms with Crippen LogP contribution in [0.15, 0.2) is 18.2 Å². The van der Waals surface area contributed by atoms with E-state index in [1.165, 1.54) is 12.1 Å². The minimum atomic E-state index is -0.776. The molecular formula is C15H19ClFNO3. The van der Waals surface area contributed by atoms with Crippen LogP contribution >= 0.6 is 11.6 Å². The SMILES string of the molecule is CC(Oc1ccc(F)cc1Cl)C(=O)NC1CCCCC1O. The lowest BCUT2D eigenvalue weighted by Crippen LogP contribution is -2.49. The maximum absolute atomic E-state index is 12.9. The van der Waals surface area contributed by atoms with Crippen molar-refractivity contribution in [3.8, 4) is 5.75 Å². The summed E-state index contributed by atoms with van der Waals surface area (Å²) in [7, 11) is 0. The van der Waals surface area contributed by atoms with E-state index in [2.05, 4.69) is 5.32 Å². The van der Waals surface area contributed by atoms with Crippen molar-refractivity contribution in [2.24, 2.45) is 0 Å². The second-order valence-corrected chi connectivity index (χ2v) is 5.71. The lowest BCUT2D eigenvalue weighted by Gasteiger charge is -2.29. The molecule has 1 fully saturated rings. The summed E-state index contributed by atoms with van der Waals surface area (Å²) in [6.07, 6.45) is 2.14. The summed E-state index contributed by atoms with van der Waals surface area (Å²) in [5.74, 6) is -0.527. The molecule has 2 N–H and O–H groups in total. The number of carbonyl (C=O) groups excluding carboxylic acids is 1. The predicted octanol–water partition coefficient (Wildman–Crippen LogP) is 2.67. The van der Waals surface area contributed by atoms with Gasteiger partial charge >= 0.3 is 0 Å². The number of rotatable bonds is 4. The number of hydrogen-bond donors (Lipinski definition) is 2. The Morgan fingerprint density at radius 3 is 2.86 bits per heavy atom. The number of aliphatic hydroxyl groups excluding tert-OH is 1. The molecule has 0 bridgehead atoms. The molecule has 1 aromatic rings. The van der Waals surface area contributed by atoms with Gasteiger partial charge in [0.1, 0.15) is 11.6 Å². The van der Waals surface area contributed by atoms with Crippen molar-refractivity contribution in [3.63, 3.8) is 0 Å². The molecule has 1 amide bonds. The molecule has 1 saturated carbocycles. The lowest BCUT2D eigenvalue weighted by atomic mass is 9.92. The number of carbonyl (C=O) groups is 1. The molecule has 1 aliphatic carbocycles. The second kappa shape index (κ2) is 7.09. The van der Waals surface area contributed by atoms with E-state index in [-0.39, 0.29) is 22.7 Å². The molecule has 0 aromatic heterocycles. The molecule has 6 heteroatoms. The summed E-state index contributed by atoms with van der Waals surface area (Å²) in [5.41, 5.74) is 0. The van der Waals surface area contributed by atoms with E-state index in [0.717, 1.165) is 25.3 Å². The summed E-state index contributed by atoms with van der Waals surface area (Å²) in [4.78, 5) is 12.1. The number of hydrogen-bond acceptors (Lipinski definition) is 3. The van der Waals surface area contributed by atoms with Crippen LogP contribution < -0.4 is 10.1 Å². The first-order valence-electron chi connectivity index (χ1n) is 7.07. The highest BCUT2D eigenvalue weighted by atomic mass is 35.5. The summed E-state index contributed by atoms with van der Waals surface area (Å²) < 4.78 is 18.4. The van der Waals surface area contributed by atoms with E-state index in [9.17, 15) is 14.3 Å². The second-order valence-electron chi connectivity index (χ2n) is 5.30. The number of nitrogens with one attached hydrogen (secondary N) is 1. The van der Waals surface area contributed by atoms with Gasteiger partial charge in [0.2, 0.25) is 0 Å². The van der Waals surface area contributed by atoms with E-state index < -0.39 is 18.0 Å². The van der Waals surface area contributed by atoms with Gasteiger partial charge in [0, 0.05) is 0 Å². The average molecular weight is 316 g/mol. The number of halogens is 2. The Labute approximate surface area is 128 Å². The first-order valence-corrected chi connectivity index (χ1v) is 7.45. The molecule has 2 rings (SSSR count). The quantitative estimate of drug-likeness (QED) is 0.898. The van der Waals surface area contributed by atoms with Gasteiger partial charge in [-0.15, -0.1) is 0 Å². The first kappa shape index (κ1) is 16.0. The van der Waals surface area contributed by atoms with Crippen LogP contribution in [0.4, 0.5) is 4.39 Å². The summed E-state index contributed by atoms with van der Waals surface area (Å²) in [6.45, 7) is 1.59. The molecule has 0 spiro atoms. The maximum atomic E-state index is 12.9. The van der Waals surface area contributed by atoms with Crippen LogP contribution in [0.5, 0.6) is 5.75 Å². The van der Waals surface area contributed by atoms with Gasteiger partial charge < -0.3 is 15.2 Å². The van der Waals surface area contributed by atoms with Crippen molar-refractivity contribution in [2.45, 2.75) is 50.9 Å². The summed E-state index contributed by atoms with van der Waals surface area (Å²) in [6, 6.07) is 3.50. The van der Waals surface area contributed by atoms with Gasteiger partial charge in [0.05, 0.1) is 17.2 Å². The van der Waals surface area contributed by atoms with Crippen LogP contribution in [-0.4, -0.2) is 29.3 Å². The van der Waals surface area contributed by atoms with E-state index in [0.29, 0.717) is 6.42 Å². The van der Waals surface area contributed by atoms with Crippen LogP contribution in [0, 0.1) is 5.82 Å². The first-order chi connectivity index (χ1) is 9.97. The van der Waals surface area contributed by atoms with Crippen LogP contribution in [0.25, 0.3) is 0 Å². The molecule has 0 saturated heterocycles. The van der Waals surface area contributed by atoms with Crippen molar-refractivity contribution in [3.05, 3.63) is 29.0 Å². The van der Waals surface area contributed by atoms with Gasteiger partial charge in [0.15, 0.2) is 6.10 Å². The summed E-state index contributed by atoms with van der Waals surface area (Å²) >= 11 is 5.86. The number of aliphatic hydroxyl groups is 1. The van der Waals surface area contributed by atoms with Crippen molar-refractivity contribution >= 4 is 17.5 Å². The molecule has 0 aliphatic heterocycles. The molecule has 3 unspecified atom stereocenters. The fourth-order valence-corrected chi connectivity index (χ4v) is 2.61. The van der Waals surface area contributed by atoms with E-state index >= 15 is 0 Å². The Hall–Kier alpha value is -1.33. The van der Waals surface area contributed by atoms with Gasteiger partial charge in [-0.25, -0.2) is 4.39 Å². The summed E-state index contributed by atoms with van der Waals surface area (Å²) in [5, 5.41) is 12.8. The Morgan fingerprint density at radius 2 is 2.19 bits per heavy atom. The Kier molecular flexibility index (Phi) is 5.42. The van der Waals surface area contributed by atoms with E-state index in [4.69, 9.17) is 16.3 Å². The molecular weight excluding hydrogens is 297 g/mol. The van der Waals surface area contributed by atoms with Crippen LogP contribution in [0.2, 0.25) is 5.02 Å². The van der Waals surface area contributed by atoms with Gasteiger partial charge in [-0.05, 0) is 38.0 Å². The Balaban J connectivity index is 1.92. The molecule has 0 radical (unpaired) electrons. The van der Waals surface area contributed by atoms with Gasteiger partial charge in [-0.2, -0.15) is 0 Å². The highest BCUT2D eigenvalue weighted by Gasteiger charge is 2.27. The van der Waals surface area contributed by atoms with Crippen LogP contribution in [0.1, 0.15) is 32.6 Å². The van der Waals surface area contributed by atoms with Crippen LogP contribution in [-0.2, 0) is 4.79 Å². The normalized spacial score (nSPS) is 23.4. The van der Waals surface area contributed by atoms with Crippen molar-refractivity contribution in [2.75, 3.05) is 0 Å². The van der Waals surface area contributed by atoms with Crippen LogP contribution in [0.3, 0.4) is 0 Å². The number of ether oxygens (including phenoxy) is 1. The molecule has 21 heavy (non-hydrogen) atoms. The number of benzene rings is 1. The Bertz CT molecular complexity index is 512. The fraction of sp³-hybridized carbons (Fsp3) is 0.533. The third kappa shape index (κ3) is 4.32. The average Bonchev–Trinajstić information content (AvgIpc) is 2.44. The van der Waals surface area contributed by atoms with E-state index in [1.54, 1.807) is 6.92 Å². The zero-order valence-corrected chi connectivity index (χ0v) is 12.6. The molecule has 4 nitrogen and oxygen atoms in total.